The average molecular weight is 310 g/mol. The average Bonchev–Trinajstić information content (AvgIpc) is 2.39. The second kappa shape index (κ2) is 6.29. The van der Waals surface area contributed by atoms with Gasteiger partial charge in [0.2, 0.25) is 0 Å². The number of sulfone groups is 1. The first-order valence-corrected chi connectivity index (χ1v) is 8.29. The maximum absolute atomic E-state index is 12.1. The molecule has 5 heteroatoms. The van der Waals surface area contributed by atoms with E-state index < -0.39 is 9.84 Å². The third-order valence-electron chi connectivity index (χ3n) is 2.90. The molecule has 106 valence electrons. The lowest BCUT2D eigenvalue weighted by molar-refractivity contribution is 0.596. The van der Waals surface area contributed by atoms with Gasteiger partial charge in [-0.25, -0.2) is 8.42 Å². The van der Waals surface area contributed by atoms with Gasteiger partial charge in [-0.2, -0.15) is 0 Å². The summed E-state index contributed by atoms with van der Waals surface area (Å²) in [5.41, 5.74) is 1.86. The second-order valence-electron chi connectivity index (χ2n) is 4.57. The Labute approximate surface area is 124 Å². The van der Waals surface area contributed by atoms with Crippen molar-refractivity contribution in [3.63, 3.8) is 0 Å². The van der Waals surface area contributed by atoms with Gasteiger partial charge in [0.25, 0.3) is 0 Å². The Morgan fingerprint density at radius 2 is 1.80 bits per heavy atom. The Morgan fingerprint density at radius 3 is 2.45 bits per heavy atom. The molecule has 0 saturated heterocycles. The largest absolute Gasteiger partial charge is 0.384 e. The standard InChI is InChI=1S/C15H16ClNO2S/c1-12-5-7-15(8-6-12)20(18,19)10-9-17-14-4-2-3-13(16)11-14/h2-8,11,17H,9-10H2,1H3. The summed E-state index contributed by atoms with van der Waals surface area (Å²) in [7, 11) is -3.25. The minimum atomic E-state index is -3.25. The number of anilines is 1. The number of nitrogens with one attached hydrogen (secondary N) is 1. The van der Waals surface area contributed by atoms with Crippen LogP contribution in [0.15, 0.2) is 53.4 Å². The van der Waals surface area contributed by atoms with E-state index in [9.17, 15) is 8.42 Å². The lowest BCUT2D eigenvalue weighted by atomic mass is 10.2. The van der Waals surface area contributed by atoms with Gasteiger partial charge >= 0.3 is 0 Å². The summed E-state index contributed by atoms with van der Waals surface area (Å²) in [5, 5.41) is 3.68. The zero-order chi connectivity index (χ0) is 14.6. The monoisotopic (exact) mass is 309 g/mol. The fourth-order valence-electron chi connectivity index (χ4n) is 1.79. The van der Waals surface area contributed by atoms with Gasteiger partial charge in [0.05, 0.1) is 10.6 Å². The molecule has 0 aromatic heterocycles. The van der Waals surface area contributed by atoms with E-state index in [4.69, 9.17) is 11.6 Å². The van der Waals surface area contributed by atoms with Crippen molar-refractivity contribution in [2.24, 2.45) is 0 Å². The molecule has 0 amide bonds. The van der Waals surface area contributed by atoms with Crippen LogP contribution >= 0.6 is 11.6 Å². The molecule has 0 unspecified atom stereocenters. The van der Waals surface area contributed by atoms with Crippen LogP contribution in [-0.2, 0) is 9.84 Å². The Balaban J connectivity index is 1.98. The molecule has 0 heterocycles. The van der Waals surface area contributed by atoms with E-state index in [2.05, 4.69) is 5.32 Å². The fraction of sp³-hybridized carbons (Fsp3) is 0.200. The molecule has 2 aromatic carbocycles. The normalized spacial score (nSPS) is 11.3. The number of aryl methyl sites for hydroxylation is 1. The van der Waals surface area contributed by atoms with Crippen molar-refractivity contribution in [3.05, 3.63) is 59.1 Å². The zero-order valence-corrected chi connectivity index (χ0v) is 12.7. The maximum atomic E-state index is 12.1. The van der Waals surface area contributed by atoms with Gasteiger partial charge in [0.15, 0.2) is 9.84 Å². The van der Waals surface area contributed by atoms with E-state index in [0.29, 0.717) is 16.5 Å². The Kier molecular flexibility index (Phi) is 4.68. The van der Waals surface area contributed by atoms with Crippen molar-refractivity contribution in [3.8, 4) is 0 Å². The molecule has 0 radical (unpaired) electrons. The minimum Gasteiger partial charge on any atom is -0.384 e. The van der Waals surface area contributed by atoms with Gasteiger partial charge < -0.3 is 5.32 Å². The first-order chi connectivity index (χ1) is 9.47. The molecule has 1 N–H and O–H groups in total. The number of rotatable bonds is 5. The highest BCUT2D eigenvalue weighted by Gasteiger charge is 2.13. The smallest absolute Gasteiger partial charge is 0.180 e. The van der Waals surface area contributed by atoms with Crippen LogP contribution in [0.4, 0.5) is 5.69 Å². The number of hydrogen-bond acceptors (Lipinski definition) is 3. The highest BCUT2D eigenvalue weighted by molar-refractivity contribution is 7.91. The molecule has 0 aliphatic rings. The Hall–Kier alpha value is -1.52. The topological polar surface area (TPSA) is 46.2 Å². The predicted octanol–water partition coefficient (Wildman–Crippen LogP) is 3.53. The van der Waals surface area contributed by atoms with E-state index >= 15 is 0 Å². The van der Waals surface area contributed by atoms with E-state index in [-0.39, 0.29) is 5.75 Å². The molecule has 0 saturated carbocycles. The van der Waals surface area contributed by atoms with Crippen LogP contribution in [0.2, 0.25) is 5.02 Å². The summed E-state index contributed by atoms with van der Waals surface area (Å²) in [6, 6.07) is 14.1. The maximum Gasteiger partial charge on any atom is 0.180 e. The van der Waals surface area contributed by atoms with Crippen LogP contribution in [0.1, 0.15) is 5.56 Å². The van der Waals surface area contributed by atoms with Crippen LogP contribution in [0.3, 0.4) is 0 Å². The van der Waals surface area contributed by atoms with Gasteiger partial charge in [-0.1, -0.05) is 35.4 Å². The van der Waals surface area contributed by atoms with Gasteiger partial charge in [-0.15, -0.1) is 0 Å². The van der Waals surface area contributed by atoms with Gasteiger partial charge in [0.1, 0.15) is 0 Å². The summed E-state index contributed by atoms with van der Waals surface area (Å²) in [5.74, 6) is 0.0442. The Bertz CT molecular complexity index is 681. The minimum absolute atomic E-state index is 0.0442. The van der Waals surface area contributed by atoms with Crippen LogP contribution in [0.25, 0.3) is 0 Å². The van der Waals surface area contributed by atoms with Crippen molar-refractivity contribution in [1.29, 1.82) is 0 Å². The quantitative estimate of drug-likeness (QED) is 0.919. The Morgan fingerprint density at radius 1 is 1.10 bits per heavy atom. The highest BCUT2D eigenvalue weighted by atomic mass is 35.5. The number of halogens is 1. The van der Waals surface area contributed by atoms with Crippen molar-refractivity contribution >= 4 is 27.1 Å². The fourth-order valence-corrected chi connectivity index (χ4v) is 3.14. The summed E-state index contributed by atoms with van der Waals surface area (Å²) in [6.07, 6.45) is 0. The first kappa shape index (κ1) is 14.9. The van der Waals surface area contributed by atoms with E-state index in [0.717, 1.165) is 11.3 Å². The molecule has 0 spiro atoms. The molecular weight excluding hydrogens is 294 g/mol. The van der Waals surface area contributed by atoms with Crippen LogP contribution < -0.4 is 5.32 Å². The van der Waals surface area contributed by atoms with Gasteiger partial charge in [-0.05, 0) is 37.3 Å². The van der Waals surface area contributed by atoms with Gasteiger partial charge in [-0.3, -0.25) is 0 Å². The SMILES string of the molecule is Cc1ccc(S(=O)(=O)CCNc2cccc(Cl)c2)cc1. The summed E-state index contributed by atoms with van der Waals surface area (Å²) >= 11 is 5.87. The predicted molar refractivity (Wildman–Crippen MR) is 83.2 cm³/mol. The molecule has 20 heavy (non-hydrogen) atoms. The van der Waals surface area contributed by atoms with Crippen molar-refractivity contribution < 1.29 is 8.42 Å². The molecule has 0 atom stereocenters. The molecule has 2 rings (SSSR count). The van der Waals surface area contributed by atoms with E-state index in [1.165, 1.54) is 0 Å². The van der Waals surface area contributed by atoms with E-state index in [1.54, 1.807) is 36.4 Å². The number of hydrogen-bond donors (Lipinski definition) is 1. The lowest BCUT2D eigenvalue weighted by Gasteiger charge is -2.08. The molecule has 0 aliphatic heterocycles. The van der Waals surface area contributed by atoms with Gasteiger partial charge in [0, 0.05) is 17.3 Å². The second-order valence-corrected chi connectivity index (χ2v) is 7.11. The van der Waals surface area contributed by atoms with E-state index in [1.807, 2.05) is 19.1 Å². The molecule has 0 fully saturated rings. The third kappa shape index (κ3) is 3.99. The molecular formula is C15H16ClNO2S. The van der Waals surface area contributed by atoms with Crippen molar-refractivity contribution in [1.82, 2.24) is 0 Å². The molecule has 3 nitrogen and oxygen atoms in total. The number of benzene rings is 2. The zero-order valence-electron chi connectivity index (χ0n) is 11.1. The molecule has 0 aliphatic carbocycles. The molecule has 2 aromatic rings. The summed E-state index contributed by atoms with van der Waals surface area (Å²) in [6.45, 7) is 2.27. The van der Waals surface area contributed by atoms with Crippen LogP contribution in [0.5, 0.6) is 0 Å². The van der Waals surface area contributed by atoms with Crippen molar-refractivity contribution in [2.45, 2.75) is 11.8 Å². The van der Waals surface area contributed by atoms with Crippen molar-refractivity contribution in [2.75, 3.05) is 17.6 Å². The third-order valence-corrected chi connectivity index (χ3v) is 4.87. The van der Waals surface area contributed by atoms with Crippen LogP contribution in [0, 0.1) is 6.92 Å². The molecule has 0 bridgehead atoms. The first-order valence-electron chi connectivity index (χ1n) is 6.26. The lowest BCUT2D eigenvalue weighted by Crippen LogP contribution is -2.15. The summed E-state index contributed by atoms with van der Waals surface area (Å²) in [4.78, 5) is 0.357. The highest BCUT2D eigenvalue weighted by Crippen LogP contribution is 2.15. The summed E-state index contributed by atoms with van der Waals surface area (Å²) < 4.78 is 24.3. The van der Waals surface area contributed by atoms with Crippen LogP contribution in [-0.4, -0.2) is 20.7 Å².